The van der Waals surface area contributed by atoms with Crippen molar-refractivity contribution >= 4 is 21.8 Å². The van der Waals surface area contributed by atoms with Gasteiger partial charge in [0.15, 0.2) is 0 Å². The molecular formula is C23H27N3O4S. The Bertz CT molecular complexity index is 1060. The predicted molar refractivity (Wildman–Crippen MR) is 120 cm³/mol. The summed E-state index contributed by atoms with van der Waals surface area (Å²) in [6, 6.07) is 16.1. The minimum atomic E-state index is -3.48. The van der Waals surface area contributed by atoms with Crippen LogP contribution in [0.3, 0.4) is 0 Å². The van der Waals surface area contributed by atoms with Gasteiger partial charge in [-0.15, -0.1) is 5.92 Å². The fraction of sp³-hybridized carbons (Fsp3) is 0.348. The first-order valence-electron chi connectivity index (χ1n) is 10.00. The highest BCUT2D eigenvalue weighted by Crippen LogP contribution is 2.24. The van der Waals surface area contributed by atoms with Crippen molar-refractivity contribution in [2.45, 2.75) is 24.5 Å². The summed E-state index contributed by atoms with van der Waals surface area (Å²) in [4.78, 5) is 16.5. The Morgan fingerprint density at radius 3 is 2.39 bits per heavy atom. The maximum absolute atomic E-state index is 12.5. The fourth-order valence-corrected chi connectivity index (χ4v) is 4.28. The quantitative estimate of drug-likeness (QED) is 0.668. The van der Waals surface area contributed by atoms with E-state index >= 15 is 0 Å². The van der Waals surface area contributed by atoms with E-state index in [9.17, 15) is 13.2 Å². The second-order valence-electron chi connectivity index (χ2n) is 7.37. The monoisotopic (exact) mass is 441 g/mol. The molecule has 2 aromatic rings. The average molecular weight is 442 g/mol. The summed E-state index contributed by atoms with van der Waals surface area (Å²) in [5.41, 5.74) is 1.80. The zero-order chi connectivity index (χ0) is 22.4. The summed E-state index contributed by atoms with van der Waals surface area (Å²) in [5.74, 6) is 6.09. The second-order valence-corrected chi connectivity index (χ2v) is 9.52. The van der Waals surface area contributed by atoms with Gasteiger partial charge in [-0.05, 0) is 36.8 Å². The molecule has 1 fully saturated rings. The van der Waals surface area contributed by atoms with E-state index in [0.717, 1.165) is 11.3 Å². The number of sulfonamides is 1. The summed E-state index contributed by atoms with van der Waals surface area (Å²) in [5, 5.41) is 0. The number of hydrogen-bond donors (Lipinski definition) is 0. The molecule has 3 rings (SSSR count). The molecule has 1 unspecified atom stereocenters. The van der Waals surface area contributed by atoms with Crippen molar-refractivity contribution in [1.82, 2.24) is 9.21 Å². The lowest BCUT2D eigenvalue weighted by atomic mass is 10.1. The lowest BCUT2D eigenvalue weighted by molar-refractivity contribution is 0.0916. The zero-order valence-electron chi connectivity index (χ0n) is 18.0. The molecule has 0 bridgehead atoms. The highest BCUT2D eigenvalue weighted by molar-refractivity contribution is 7.89. The van der Waals surface area contributed by atoms with Crippen LogP contribution in [-0.4, -0.2) is 63.5 Å². The second kappa shape index (κ2) is 9.86. The molecule has 8 heteroatoms. The van der Waals surface area contributed by atoms with E-state index in [1.54, 1.807) is 36.1 Å². The Hall–Kier alpha value is -3.02. The molecule has 1 amide bonds. The molecule has 0 aliphatic carbocycles. The first kappa shape index (κ1) is 22.7. The molecule has 0 radical (unpaired) electrons. The van der Waals surface area contributed by atoms with Gasteiger partial charge >= 0.3 is 6.09 Å². The molecule has 0 N–H and O–H groups in total. The number of carbonyl (C=O) groups excluding carboxylic acids is 1. The lowest BCUT2D eigenvalue weighted by Gasteiger charge is -2.40. The zero-order valence-corrected chi connectivity index (χ0v) is 18.8. The highest BCUT2D eigenvalue weighted by Gasteiger charge is 2.30. The first-order chi connectivity index (χ1) is 14.8. The van der Waals surface area contributed by atoms with Crippen molar-refractivity contribution < 1.29 is 17.9 Å². The molecule has 7 nitrogen and oxygen atoms in total. The number of benzene rings is 2. The number of piperazine rings is 1. The average Bonchev–Trinajstić information content (AvgIpc) is 2.78. The maximum atomic E-state index is 12.5. The lowest BCUT2D eigenvalue weighted by Crippen LogP contribution is -2.54. The summed E-state index contributed by atoms with van der Waals surface area (Å²) in [6.07, 6.45) is -0.362. The molecule has 1 aliphatic rings. The fourth-order valence-electron chi connectivity index (χ4n) is 3.38. The van der Waals surface area contributed by atoms with Crippen molar-refractivity contribution in [3.63, 3.8) is 0 Å². The Balaban J connectivity index is 1.68. The largest absolute Gasteiger partial charge is 0.445 e. The van der Waals surface area contributed by atoms with Gasteiger partial charge in [-0.1, -0.05) is 36.3 Å². The standard InChI is InChI=1S/C23H27N3O4S/c1-4-8-21-17-25(23(27)30-18-19-9-6-5-7-10-19)15-16-26(21)20-11-13-22(14-12-20)31(28,29)24(2)3/h5-7,9-14,21H,15-18H2,1-3H3. The van der Waals surface area contributed by atoms with Crippen LogP contribution < -0.4 is 4.90 Å². The maximum Gasteiger partial charge on any atom is 0.410 e. The number of carbonyl (C=O) groups is 1. The molecule has 0 aromatic heterocycles. The molecule has 0 spiro atoms. The van der Waals surface area contributed by atoms with Gasteiger partial charge < -0.3 is 14.5 Å². The van der Waals surface area contributed by atoms with Crippen LogP contribution in [0.15, 0.2) is 59.5 Å². The summed E-state index contributed by atoms with van der Waals surface area (Å²) in [7, 11) is -0.468. The first-order valence-corrected chi connectivity index (χ1v) is 11.4. The third kappa shape index (κ3) is 5.37. The Labute approximate surface area is 184 Å². The van der Waals surface area contributed by atoms with Crippen LogP contribution in [-0.2, 0) is 21.4 Å². The molecule has 164 valence electrons. The number of rotatable bonds is 5. The Kier molecular flexibility index (Phi) is 7.21. The van der Waals surface area contributed by atoms with Crippen molar-refractivity contribution in [3.05, 3.63) is 60.2 Å². The third-order valence-electron chi connectivity index (χ3n) is 5.10. The van der Waals surface area contributed by atoms with Gasteiger partial charge in [0, 0.05) is 32.9 Å². The molecule has 1 atom stereocenters. The van der Waals surface area contributed by atoms with Crippen LogP contribution in [0.25, 0.3) is 0 Å². The van der Waals surface area contributed by atoms with E-state index < -0.39 is 10.0 Å². The van der Waals surface area contributed by atoms with Crippen LogP contribution in [0.2, 0.25) is 0 Å². The van der Waals surface area contributed by atoms with Crippen LogP contribution in [0.4, 0.5) is 10.5 Å². The normalized spacial score (nSPS) is 16.6. The van der Waals surface area contributed by atoms with Crippen LogP contribution in [0, 0.1) is 11.8 Å². The van der Waals surface area contributed by atoms with Crippen LogP contribution >= 0.6 is 0 Å². The number of anilines is 1. The number of hydrogen-bond acceptors (Lipinski definition) is 5. The predicted octanol–water partition coefficient (Wildman–Crippen LogP) is 2.79. The summed E-state index contributed by atoms with van der Waals surface area (Å²) in [6.45, 7) is 3.46. The number of amides is 1. The van der Waals surface area contributed by atoms with Gasteiger partial charge in [-0.25, -0.2) is 17.5 Å². The molecule has 2 aromatic carbocycles. The van der Waals surface area contributed by atoms with E-state index in [0.29, 0.717) is 19.6 Å². The summed E-state index contributed by atoms with van der Waals surface area (Å²) >= 11 is 0. The Morgan fingerprint density at radius 1 is 1.10 bits per heavy atom. The van der Waals surface area contributed by atoms with E-state index in [-0.39, 0.29) is 23.6 Å². The molecular weight excluding hydrogens is 414 g/mol. The van der Waals surface area contributed by atoms with E-state index in [2.05, 4.69) is 16.7 Å². The number of nitrogens with zero attached hydrogens (tertiary/aromatic N) is 3. The van der Waals surface area contributed by atoms with Crippen molar-refractivity contribution in [2.24, 2.45) is 0 Å². The van der Waals surface area contributed by atoms with E-state index in [1.165, 1.54) is 18.4 Å². The van der Waals surface area contributed by atoms with Gasteiger partial charge in [0.05, 0.1) is 11.4 Å². The molecule has 31 heavy (non-hydrogen) atoms. The summed E-state index contributed by atoms with van der Waals surface area (Å²) < 4.78 is 31.2. The number of ether oxygens (including phenoxy) is 1. The third-order valence-corrected chi connectivity index (χ3v) is 6.93. The Morgan fingerprint density at radius 2 is 1.77 bits per heavy atom. The van der Waals surface area contributed by atoms with Gasteiger partial charge in [-0.3, -0.25) is 0 Å². The van der Waals surface area contributed by atoms with Crippen molar-refractivity contribution in [3.8, 4) is 11.8 Å². The highest BCUT2D eigenvalue weighted by atomic mass is 32.2. The van der Waals surface area contributed by atoms with Crippen LogP contribution in [0.5, 0.6) is 0 Å². The minimum Gasteiger partial charge on any atom is -0.445 e. The van der Waals surface area contributed by atoms with E-state index in [4.69, 9.17) is 4.74 Å². The van der Waals surface area contributed by atoms with Crippen molar-refractivity contribution in [1.29, 1.82) is 0 Å². The molecule has 0 saturated carbocycles. The topological polar surface area (TPSA) is 70.2 Å². The van der Waals surface area contributed by atoms with Crippen LogP contribution in [0.1, 0.15) is 12.5 Å². The minimum absolute atomic E-state index is 0.209. The van der Waals surface area contributed by atoms with Gasteiger partial charge in [0.1, 0.15) is 12.6 Å². The molecule has 1 aliphatic heterocycles. The van der Waals surface area contributed by atoms with E-state index in [1.807, 2.05) is 30.3 Å². The molecule has 1 saturated heterocycles. The smallest absolute Gasteiger partial charge is 0.410 e. The van der Waals surface area contributed by atoms with Gasteiger partial charge in [-0.2, -0.15) is 0 Å². The molecule has 1 heterocycles. The van der Waals surface area contributed by atoms with Gasteiger partial charge in [0.2, 0.25) is 10.0 Å². The SMILES string of the molecule is CC#CC1CN(C(=O)OCc2ccccc2)CCN1c1ccc(S(=O)(=O)N(C)C)cc1. The van der Waals surface area contributed by atoms with Gasteiger partial charge in [0.25, 0.3) is 0 Å². The van der Waals surface area contributed by atoms with Crippen molar-refractivity contribution in [2.75, 3.05) is 38.6 Å².